The van der Waals surface area contributed by atoms with Crippen molar-refractivity contribution in [2.75, 3.05) is 0 Å². The van der Waals surface area contributed by atoms with Gasteiger partial charge in [0.25, 0.3) is 0 Å². The van der Waals surface area contributed by atoms with Gasteiger partial charge in [-0.1, -0.05) is 46.9 Å². The lowest BCUT2D eigenvalue weighted by Gasteiger charge is -2.12. The average Bonchev–Trinajstić information content (AvgIpc) is 2.46. The van der Waals surface area contributed by atoms with Crippen LogP contribution in [0.1, 0.15) is 27.4 Å². The molecule has 2 aromatic carbocycles. The zero-order chi connectivity index (χ0) is 15.6. The standard InChI is InChI=1S/C16H10Cl3NO/c1-9-2-4-11(17)7-12(9)16(21)13(8-20)10-3-5-14(18)15(19)6-10/h2-7,13H,1H3. The van der Waals surface area contributed by atoms with Gasteiger partial charge >= 0.3 is 0 Å². The summed E-state index contributed by atoms with van der Waals surface area (Å²) in [4.78, 5) is 12.6. The molecule has 0 aliphatic heterocycles. The lowest BCUT2D eigenvalue weighted by atomic mass is 9.90. The topological polar surface area (TPSA) is 40.9 Å². The fourth-order valence-corrected chi connectivity index (χ4v) is 2.47. The summed E-state index contributed by atoms with van der Waals surface area (Å²) in [6.07, 6.45) is 0. The molecule has 0 N–H and O–H groups in total. The van der Waals surface area contributed by atoms with Crippen LogP contribution < -0.4 is 0 Å². The van der Waals surface area contributed by atoms with E-state index in [0.717, 1.165) is 5.56 Å². The minimum atomic E-state index is -0.947. The smallest absolute Gasteiger partial charge is 0.184 e. The Hall–Kier alpha value is -1.53. The first-order valence-corrected chi connectivity index (χ1v) is 7.22. The number of benzene rings is 2. The highest BCUT2D eigenvalue weighted by Gasteiger charge is 2.24. The van der Waals surface area contributed by atoms with Crippen LogP contribution in [0.2, 0.25) is 15.1 Å². The number of carbonyl (C=O) groups is 1. The molecule has 0 aliphatic rings. The van der Waals surface area contributed by atoms with E-state index in [1.807, 2.05) is 6.07 Å². The normalized spacial score (nSPS) is 11.8. The van der Waals surface area contributed by atoms with Crippen LogP contribution in [-0.4, -0.2) is 5.78 Å². The number of carbonyl (C=O) groups excluding carboxylic acids is 1. The highest BCUT2D eigenvalue weighted by molar-refractivity contribution is 6.42. The van der Waals surface area contributed by atoms with Gasteiger partial charge in [0.2, 0.25) is 0 Å². The number of nitrogens with zero attached hydrogens (tertiary/aromatic N) is 1. The van der Waals surface area contributed by atoms with E-state index in [0.29, 0.717) is 26.2 Å². The van der Waals surface area contributed by atoms with Gasteiger partial charge < -0.3 is 0 Å². The second-order valence-electron chi connectivity index (χ2n) is 4.56. The third-order valence-electron chi connectivity index (χ3n) is 3.13. The van der Waals surface area contributed by atoms with E-state index < -0.39 is 5.92 Å². The molecule has 2 aromatic rings. The Morgan fingerprint density at radius 1 is 1.10 bits per heavy atom. The maximum atomic E-state index is 12.6. The number of halogens is 3. The van der Waals surface area contributed by atoms with Crippen LogP contribution in [0.4, 0.5) is 0 Å². The van der Waals surface area contributed by atoms with E-state index in [1.165, 1.54) is 6.07 Å². The van der Waals surface area contributed by atoms with E-state index in [4.69, 9.17) is 34.8 Å². The SMILES string of the molecule is Cc1ccc(Cl)cc1C(=O)C(C#N)c1ccc(Cl)c(Cl)c1. The summed E-state index contributed by atoms with van der Waals surface area (Å²) in [5, 5.41) is 10.5. The molecule has 1 atom stereocenters. The van der Waals surface area contributed by atoms with Crippen molar-refractivity contribution in [3.63, 3.8) is 0 Å². The molecular weight excluding hydrogens is 329 g/mol. The maximum Gasteiger partial charge on any atom is 0.184 e. The molecule has 5 heteroatoms. The molecule has 0 aliphatic carbocycles. The number of Topliss-reactive ketones (excluding diaryl/α,β-unsaturated/α-hetero) is 1. The Morgan fingerprint density at radius 2 is 1.81 bits per heavy atom. The molecular formula is C16H10Cl3NO. The van der Waals surface area contributed by atoms with Crippen molar-refractivity contribution in [2.24, 2.45) is 0 Å². The zero-order valence-electron chi connectivity index (χ0n) is 11.0. The molecule has 106 valence electrons. The number of rotatable bonds is 3. The summed E-state index contributed by atoms with van der Waals surface area (Å²) >= 11 is 17.7. The van der Waals surface area contributed by atoms with Crippen molar-refractivity contribution in [3.05, 3.63) is 68.2 Å². The van der Waals surface area contributed by atoms with Crippen molar-refractivity contribution < 1.29 is 4.79 Å². The van der Waals surface area contributed by atoms with Gasteiger partial charge in [-0.3, -0.25) is 4.79 Å². The molecule has 0 heterocycles. The molecule has 0 amide bonds. The highest BCUT2D eigenvalue weighted by atomic mass is 35.5. The van der Waals surface area contributed by atoms with Crippen molar-refractivity contribution in [1.29, 1.82) is 5.26 Å². The average molecular weight is 339 g/mol. The lowest BCUT2D eigenvalue weighted by molar-refractivity contribution is 0.0978. The number of aryl methyl sites for hydroxylation is 1. The van der Waals surface area contributed by atoms with E-state index in [2.05, 4.69) is 0 Å². The Kier molecular flexibility index (Phi) is 4.90. The Bertz CT molecular complexity index is 750. The molecule has 2 nitrogen and oxygen atoms in total. The molecule has 0 saturated heterocycles. The van der Waals surface area contributed by atoms with E-state index >= 15 is 0 Å². The van der Waals surface area contributed by atoms with Crippen LogP contribution in [0.25, 0.3) is 0 Å². The lowest BCUT2D eigenvalue weighted by Crippen LogP contribution is -2.12. The number of hydrogen-bond donors (Lipinski definition) is 0. The van der Waals surface area contributed by atoms with E-state index in [1.54, 1.807) is 37.3 Å². The van der Waals surface area contributed by atoms with Gasteiger partial charge in [-0.25, -0.2) is 0 Å². The van der Waals surface area contributed by atoms with Gasteiger partial charge in [0, 0.05) is 10.6 Å². The summed E-state index contributed by atoms with van der Waals surface area (Å²) < 4.78 is 0. The van der Waals surface area contributed by atoms with Crippen molar-refractivity contribution in [1.82, 2.24) is 0 Å². The van der Waals surface area contributed by atoms with Crippen LogP contribution in [0.3, 0.4) is 0 Å². The molecule has 0 radical (unpaired) electrons. The second kappa shape index (κ2) is 6.49. The fraction of sp³-hybridized carbons (Fsp3) is 0.125. The summed E-state index contributed by atoms with van der Waals surface area (Å²) in [7, 11) is 0. The highest BCUT2D eigenvalue weighted by Crippen LogP contribution is 2.29. The molecule has 0 aromatic heterocycles. The number of ketones is 1. The van der Waals surface area contributed by atoms with Crippen LogP contribution in [0, 0.1) is 18.3 Å². The summed E-state index contributed by atoms with van der Waals surface area (Å²) in [5.41, 5.74) is 1.71. The monoisotopic (exact) mass is 337 g/mol. The summed E-state index contributed by atoms with van der Waals surface area (Å²) in [6.45, 7) is 1.80. The molecule has 1 unspecified atom stereocenters. The van der Waals surface area contributed by atoms with Crippen molar-refractivity contribution in [2.45, 2.75) is 12.8 Å². The van der Waals surface area contributed by atoms with Gasteiger partial charge in [0.05, 0.1) is 16.1 Å². The summed E-state index contributed by atoms with van der Waals surface area (Å²) in [6, 6.07) is 11.8. The predicted molar refractivity (Wildman–Crippen MR) is 85.3 cm³/mol. The largest absolute Gasteiger partial charge is 0.292 e. The van der Waals surface area contributed by atoms with E-state index in [9.17, 15) is 10.1 Å². The van der Waals surface area contributed by atoms with E-state index in [-0.39, 0.29) is 5.78 Å². The Balaban J connectivity index is 2.46. The van der Waals surface area contributed by atoms with Crippen LogP contribution in [0.5, 0.6) is 0 Å². The molecule has 0 fully saturated rings. The number of nitriles is 1. The summed E-state index contributed by atoms with van der Waals surface area (Å²) in [5.74, 6) is -1.26. The van der Waals surface area contributed by atoms with Crippen LogP contribution >= 0.6 is 34.8 Å². The molecule has 0 bridgehead atoms. The maximum absolute atomic E-state index is 12.6. The second-order valence-corrected chi connectivity index (χ2v) is 5.81. The Labute approximate surface area is 137 Å². The molecule has 0 saturated carbocycles. The molecule has 21 heavy (non-hydrogen) atoms. The molecule has 2 rings (SSSR count). The predicted octanol–water partition coefficient (Wildman–Crippen LogP) is 5.45. The van der Waals surface area contributed by atoms with Gasteiger partial charge in [-0.2, -0.15) is 5.26 Å². The minimum absolute atomic E-state index is 0.309. The first kappa shape index (κ1) is 15.9. The first-order chi connectivity index (χ1) is 9.93. The van der Waals surface area contributed by atoms with Crippen molar-refractivity contribution >= 4 is 40.6 Å². The van der Waals surface area contributed by atoms with Gasteiger partial charge in [0.1, 0.15) is 5.92 Å². The minimum Gasteiger partial charge on any atom is -0.292 e. The zero-order valence-corrected chi connectivity index (χ0v) is 13.3. The van der Waals surface area contributed by atoms with Gasteiger partial charge in [0.15, 0.2) is 5.78 Å². The third-order valence-corrected chi connectivity index (χ3v) is 4.11. The van der Waals surface area contributed by atoms with Crippen LogP contribution in [-0.2, 0) is 0 Å². The molecule has 0 spiro atoms. The fourth-order valence-electron chi connectivity index (χ4n) is 1.99. The number of hydrogen-bond acceptors (Lipinski definition) is 2. The van der Waals surface area contributed by atoms with Crippen LogP contribution in [0.15, 0.2) is 36.4 Å². The van der Waals surface area contributed by atoms with Gasteiger partial charge in [-0.15, -0.1) is 0 Å². The van der Waals surface area contributed by atoms with Gasteiger partial charge in [-0.05, 0) is 42.3 Å². The Morgan fingerprint density at radius 3 is 2.43 bits per heavy atom. The van der Waals surface area contributed by atoms with Crippen molar-refractivity contribution in [3.8, 4) is 6.07 Å². The quantitative estimate of drug-likeness (QED) is 0.699. The first-order valence-electron chi connectivity index (χ1n) is 6.09. The third kappa shape index (κ3) is 3.39.